The topological polar surface area (TPSA) is 78.3 Å². The molecule has 20 heavy (non-hydrogen) atoms. The maximum Gasteiger partial charge on any atom is 0.248 e. The number of hydrogen-bond acceptors (Lipinski definition) is 3. The first kappa shape index (κ1) is 14.1. The molecule has 0 aliphatic rings. The highest BCUT2D eigenvalue weighted by Gasteiger charge is 2.07. The number of nitrogen functional groups attached to an aromatic ring is 1. The highest BCUT2D eigenvalue weighted by molar-refractivity contribution is 6.32. The lowest BCUT2D eigenvalue weighted by Gasteiger charge is -2.10. The minimum absolute atomic E-state index is 0.149. The highest BCUT2D eigenvalue weighted by Crippen LogP contribution is 2.26. The number of primary amides is 1. The van der Waals surface area contributed by atoms with E-state index in [0.717, 1.165) is 6.07 Å². The van der Waals surface area contributed by atoms with E-state index in [-0.39, 0.29) is 11.6 Å². The summed E-state index contributed by atoms with van der Waals surface area (Å²) in [6, 6.07) is 8.53. The summed E-state index contributed by atoms with van der Waals surface area (Å²) in [5.41, 5.74) is 12.3. The van der Waals surface area contributed by atoms with Crippen molar-refractivity contribution in [2.24, 2.45) is 5.73 Å². The van der Waals surface area contributed by atoms with E-state index in [2.05, 4.69) is 0 Å². The van der Waals surface area contributed by atoms with Crippen LogP contribution in [0, 0.1) is 5.82 Å². The minimum Gasteiger partial charge on any atom is -0.487 e. The third-order valence-electron chi connectivity index (χ3n) is 2.71. The number of ether oxygens (including phenoxy) is 1. The van der Waals surface area contributed by atoms with Crippen LogP contribution in [-0.4, -0.2) is 5.91 Å². The summed E-state index contributed by atoms with van der Waals surface area (Å²) in [6.07, 6.45) is 0. The molecule has 0 aliphatic carbocycles. The van der Waals surface area contributed by atoms with Crippen molar-refractivity contribution in [3.05, 3.63) is 58.4 Å². The fraction of sp³-hybridized carbons (Fsp3) is 0.0714. The van der Waals surface area contributed by atoms with Crippen LogP contribution in [0.15, 0.2) is 36.4 Å². The number of amides is 1. The van der Waals surface area contributed by atoms with Crippen LogP contribution in [0.5, 0.6) is 5.75 Å². The van der Waals surface area contributed by atoms with Gasteiger partial charge in [0.05, 0.1) is 5.02 Å². The molecule has 0 aromatic heterocycles. The van der Waals surface area contributed by atoms with Crippen LogP contribution in [0.3, 0.4) is 0 Å². The maximum absolute atomic E-state index is 12.9. The van der Waals surface area contributed by atoms with Gasteiger partial charge in [0.1, 0.15) is 18.2 Å². The van der Waals surface area contributed by atoms with Gasteiger partial charge in [-0.3, -0.25) is 4.79 Å². The van der Waals surface area contributed by atoms with E-state index in [1.165, 1.54) is 18.2 Å². The van der Waals surface area contributed by atoms with Gasteiger partial charge in [0.25, 0.3) is 0 Å². The molecule has 2 rings (SSSR count). The summed E-state index contributed by atoms with van der Waals surface area (Å²) in [4.78, 5) is 11.0. The molecule has 0 unspecified atom stereocenters. The molecule has 0 spiro atoms. The lowest BCUT2D eigenvalue weighted by Crippen LogP contribution is -2.12. The molecule has 4 nitrogen and oxygen atoms in total. The third-order valence-corrected chi connectivity index (χ3v) is 3.00. The van der Waals surface area contributed by atoms with Gasteiger partial charge in [0, 0.05) is 16.8 Å². The van der Waals surface area contributed by atoms with Gasteiger partial charge < -0.3 is 16.2 Å². The molecule has 4 N–H and O–H groups in total. The van der Waals surface area contributed by atoms with Gasteiger partial charge >= 0.3 is 0 Å². The second-order valence-electron chi connectivity index (χ2n) is 4.14. The summed E-state index contributed by atoms with van der Waals surface area (Å²) in [6.45, 7) is 0.149. The van der Waals surface area contributed by atoms with Crippen molar-refractivity contribution < 1.29 is 13.9 Å². The Kier molecular flexibility index (Phi) is 4.10. The molecule has 0 saturated heterocycles. The molecule has 0 radical (unpaired) electrons. The fourth-order valence-corrected chi connectivity index (χ4v) is 1.85. The van der Waals surface area contributed by atoms with Crippen molar-refractivity contribution in [2.45, 2.75) is 6.61 Å². The van der Waals surface area contributed by atoms with Gasteiger partial charge in [-0.25, -0.2) is 4.39 Å². The quantitative estimate of drug-likeness (QED) is 0.851. The zero-order valence-electron chi connectivity index (χ0n) is 10.4. The average Bonchev–Trinajstić information content (AvgIpc) is 2.38. The van der Waals surface area contributed by atoms with Crippen molar-refractivity contribution in [1.82, 2.24) is 0 Å². The molecule has 0 fully saturated rings. The van der Waals surface area contributed by atoms with Gasteiger partial charge in [0.2, 0.25) is 5.91 Å². The average molecular weight is 295 g/mol. The normalized spacial score (nSPS) is 10.3. The molecular formula is C14H12ClFN2O2. The van der Waals surface area contributed by atoms with Gasteiger partial charge in [-0.05, 0) is 30.3 Å². The molecule has 104 valence electrons. The molecule has 6 heteroatoms. The number of hydrogen-bond donors (Lipinski definition) is 2. The van der Waals surface area contributed by atoms with E-state index >= 15 is 0 Å². The SMILES string of the molecule is NC(=O)c1ccc(COc2ccc(F)cc2Cl)c(N)c1. The zero-order valence-corrected chi connectivity index (χ0v) is 11.2. The first-order chi connectivity index (χ1) is 9.47. The van der Waals surface area contributed by atoms with Crippen LogP contribution in [0.25, 0.3) is 0 Å². The Labute approximate surface area is 120 Å². The van der Waals surface area contributed by atoms with Crippen molar-refractivity contribution in [3.63, 3.8) is 0 Å². The number of halogens is 2. The first-order valence-electron chi connectivity index (χ1n) is 5.73. The van der Waals surface area contributed by atoms with Gasteiger partial charge in [-0.2, -0.15) is 0 Å². The number of carbonyl (C=O) groups is 1. The van der Waals surface area contributed by atoms with Crippen LogP contribution < -0.4 is 16.2 Å². The standard InChI is InChI=1S/C14H12ClFN2O2/c15-11-6-10(16)3-4-13(11)20-7-9-2-1-8(14(18)19)5-12(9)17/h1-6H,7,17H2,(H2,18,19). The molecule has 2 aromatic carbocycles. The predicted molar refractivity (Wildman–Crippen MR) is 75.1 cm³/mol. The van der Waals surface area contributed by atoms with Crippen LogP contribution in [0.4, 0.5) is 10.1 Å². The van der Waals surface area contributed by atoms with Crippen molar-refractivity contribution in [3.8, 4) is 5.75 Å². The second-order valence-corrected chi connectivity index (χ2v) is 4.55. The maximum atomic E-state index is 12.9. The second kappa shape index (κ2) is 5.79. The smallest absolute Gasteiger partial charge is 0.248 e. The van der Waals surface area contributed by atoms with Gasteiger partial charge in [-0.1, -0.05) is 17.7 Å². The number of benzene rings is 2. The monoisotopic (exact) mass is 294 g/mol. The van der Waals surface area contributed by atoms with Crippen LogP contribution >= 0.6 is 11.6 Å². The zero-order chi connectivity index (χ0) is 14.7. The molecule has 0 heterocycles. The first-order valence-corrected chi connectivity index (χ1v) is 6.11. The fourth-order valence-electron chi connectivity index (χ4n) is 1.63. The number of anilines is 1. The third kappa shape index (κ3) is 3.19. The van der Waals surface area contributed by atoms with E-state index in [0.29, 0.717) is 22.6 Å². The van der Waals surface area contributed by atoms with Gasteiger partial charge in [-0.15, -0.1) is 0 Å². The van der Waals surface area contributed by atoms with E-state index in [9.17, 15) is 9.18 Å². The Morgan fingerprint density at radius 3 is 2.60 bits per heavy atom. The molecule has 1 amide bonds. The summed E-state index contributed by atoms with van der Waals surface area (Å²) >= 11 is 5.84. The van der Waals surface area contributed by atoms with Gasteiger partial charge in [0.15, 0.2) is 0 Å². The summed E-state index contributed by atoms with van der Waals surface area (Å²) in [7, 11) is 0. The Morgan fingerprint density at radius 2 is 2.00 bits per heavy atom. The van der Waals surface area contributed by atoms with Crippen molar-refractivity contribution in [1.29, 1.82) is 0 Å². The number of rotatable bonds is 4. The van der Waals surface area contributed by atoms with E-state index < -0.39 is 11.7 Å². The van der Waals surface area contributed by atoms with Crippen LogP contribution in [-0.2, 0) is 6.61 Å². The summed E-state index contributed by atoms with van der Waals surface area (Å²) in [5, 5.41) is 0.178. The Balaban J connectivity index is 2.13. The predicted octanol–water partition coefficient (Wildman–Crippen LogP) is 2.74. The molecular weight excluding hydrogens is 283 g/mol. The highest BCUT2D eigenvalue weighted by atomic mass is 35.5. The van der Waals surface area contributed by atoms with Crippen molar-refractivity contribution in [2.75, 3.05) is 5.73 Å². The van der Waals surface area contributed by atoms with Crippen LogP contribution in [0.1, 0.15) is 15.9 Å². The van der Waals surface area contributed by atoms with E-state index in [1.54, 1.807) is 12.1 Å². The summed E-state index contributed by atoms with van der Waals surface area (Å²) in [5.74, 6) is -0.634. The molecule has 0 atom stereocenters. The molecule has 0 aliphatic heterocycles. The number of carbonyl (C=O) groups excluding carboxylic acids is 1. The lowest BCUT2D eigenvalue weighted by atomic mass is 10.1. The minimum atomic E-state index is -0.550. The number of nitrogens with two attached hydrogens (primary N) is 2. The Hall–Kier alpha value is -2.27. The van der Waals surface area contributed by atoms with E-state index in [1.807, 2.05) is 0 Å². The Bertz CT molecular complexity index is 662. The lowest BCUT2D eigenvalue weighted by molar-refractivity contribution is 0.100. The van der Waals surface area contributed by atoms with E-state index in [4.69, 9.17) is 27.8 Å². The largest absolute Gasteiger partial charge is 0.487 e. The summed E-state index contributed by atoms with van der Waals surface area (Å²) < 4.78 is 18.4. The molecule has 0 saturated carbocycles. The van der Waals surface area contributed by atoms with Crippen LogP contribution in [0.2, 0.25) is 5.02 Å². The molecule has 2 aromatic rings. The Morgan fingerprint density at radius 1 is 1.25 bits per heavy atom. The van der Waals surface area contributed by atoms with Crippen molar-refractivity contribution >= 4 is 23.2 Å². The molecule has 0 bridgehead atoms.